The Morgan fingerprint density at radius 3 is 1.35 bits per heavy atom. The van der Waals surface area contributed by atoms with Crippen LogP contribution >= 0.6 is 0 Å². The number of hydrogen-bond donors (Lipinski definition) is 0. The van der Waals surface area contributed by atoms with Crippen LogP contribution in [0.25, 0.3) is 115 Å². The van der Waals surface area contributed by atoms with E-state index in [0.717, 1.165) is 61.4 Å². The van der Waals surface area contributed by atoms with E-state index in [1.165, 1.54) is 49.0 Å². The number of aromatic nitrogens is 2. The van der Waals surface area contributed by atoms with Crippen LogP contribution < -0.4 is 0 Å². The van der Waals surface area contributed by atoms with Crippen molar-refractivity contribution in [2.45, 2.75) is 0 Å². The zero-order valence-corrected chi connectivity index (χ0v) is 32.5. The van der Waals surface area contributed by atoms with Crippen LogP contribution in [0.1, 0.15) is 0 Å². The monoisotopic (exact) mass is 761 g/mol. The molecule has 0 aliphatic carbocycles. The van der Waals surface area contributed by atoms with Gasteiger partial charge in [-0.2, -0.15) is 0 Å². The highest BCUT2D eigenvalue weighted by Gasteiger charge is 2.17. The van der Waals surface area contributed by atoms with E-state index in [1.54, 1.807) is 0 Å². The Morgan fingerprint density at radius 1 is 0.300 bits per heavy atom. The van der Waals surface area contributed by atoms with Gasteiger partial charge in [0.1, 0.15) is 0 Å². The van der Waals surface area contributed by atoms with Gasteiger partial charge in [0.15, 0.2) is 5.69 Å². The van der Waals surface area contributed by atoms with Gasteiger partial charge in [0.25, 0.3) is 0 Å². The number of fused-ring (bicyclic) bond motifs is 5. The summed E-state index contributed by atoms with van der Waals surface area (Å²) in [7, 11) is 0. The number of rotatable bonds is 6. The second-order valence-electron chi connectivity index (χ2n) is 15.2. The Bertz CT molecular complexity index is 3470. The summed E-state index contributed by atoms with van der Waals surface area (Å²) in [5.74, 6) is 0. The fourth-order valence-electron chi connectivity index (χ4n) is 8.71. The van der Waals surface area contributed by atoms with Crippen molar-refractivity contribution in [2.75, 3.05) is 0 Å². The zero-order valence-electron chi connectivity index (χ0n) is 32.5. The van der Waals surface area contributed by atoms with Crippen LogP contribution in [-0.2, 0) is 0 Å². The van der Waals surface area contributed by atoms with Crippen LogP contribution in [0.4, 0.5) is 5.69 Å². The average Bonchev–Trinajstić information content (AvgIpc) is 3.33. The molecule has 0 saturated heterocycles. The topological polar surface area (TPSA) is 30.1 Å². The van der Waals surface area contributed by atoms with Crippen LogP contribution in [0.5, 0.6) is 0 Å². The Kier molecular flexibility index (Phi) is 8.54. The molecule has 11 rings (SSSR count). The molecule has 0 atom stereocenters. The Labute approximate surface area is 348 Å². The van der Waals surface area contributed by atoms with Crippen LogP contribution in [0.3, 0.4) is 0 Å². The van der Waals surface area contributed by atoms with Crippen LogP contribution in [0.15, 0.2) is 212 Å². The van der Waals surface area contributed by atoms with Crippen molar-refractivity contribution in [1.29, 1.82) is 0 Å². The molecule has 0 bridgehead atoms. The summed E-state index contributed by atoms with van der Waals surface area (Å²) in [6, 6.07) is 74.9. The summed E-state index contributed by atoms with van der Waals surface area (Å²) in [5.41, 5.74) is 15.4. The minimum Gasteiger partial charge on any atom is -0.244 e. The van der Waals surface area contributed by atoms with Crippen molar-refractivity contribution in [2.24, 2.45) is 0 Å². The van der Waals surface area contributed by atoms with E-state index in [4.69, 9.17) is 16.5 Å². The highest BCUT2D eigenvalue weighted by molar-refractivity contribution is 6.14. The Balaban J connectivity index is 0.973. The van der Waals surface area contributed by atoms with Crippen LogP contribution in [0, 0.1) is 6.57 Å². The smallest absolute Gasteiger partial charge is 0.187 e. The van der Waals surface area contributed by atoms with Gasteiger partial charge < -0.3 is 0 Å². The first-order valence-electron chi connectivity index (χ1n) is 20.2. The molecule has 1 heterocycles. The second kappa shape index (κ2) is 14.6. The normalized spacial score (nSPS) is 11.3. The minimum atomic E-state index is 0.650. The molecule has 11 aromatic rings. The molecule has 0 spiro atoms. The molecular weight excluding hydrogens is 727 g/mol. The van der Waals surface area contributed by atoms with Gasteiger partial charge in [0.05, 0.1) is 29.0 Å². The zero-order chi connectivity index (χ0) is 40.0. The van der Waals surface area contributed by atoms with Crippen molar-refractivity contribution in [3.05, 3.63) is 224 Å². The van der Waals surface area contributed by atoms with E-state index < -0.39 is 0 Å². The van der Waals surface area contributed by atoms with Gasteiger partial charge in [-0.15, -0.1) is 0 Å². The first-order valence-corrected chi connectivity index (χ1v) is 20.2. The van der Waals surface area contributed by atoms with E-state index in [9.17, 15) is 0 Å². The van der Waals surface area contributed by atoms with Crippen molar-refractivity contribution in [3.63, 3.8) is 0 Å². The SMILES string of the molecule is [C-]#[N+]c1ccc(-c2ccc(-c3ccc(-c4ccc(-c5nc6ccccc6nc5-c5cccc(-c6cc7ccccc7c7ccccc67)c5)cc4)c4ccccc34)cc2)cc1. The molecule has 0 aliphatic rings. The molecule has 0 saturated carbocycles. The summed E-state index contributed by atoms with van der Waals surface area (Å²) >= 11 is 0. The molecular formula is C57H35N3. The summed E-state index contributed by atoms with van der Waals surface area (Å²) < 4.78 is 0. The lowest BCUT2D eigenvalue weighted by Crippen LogP contribution is -1.96. The first kappa shape index (κ1) is 35.0. The fraction of sp³-hybridized carbons (Fsp3) is 0. The summed E-state index contributed by atoms with van der Waals surface area (Å²) in [6.07, 6.45) is 0. The largest absolute Gasteiger partial charge is 0.244 e. The third kappa shape index (κ3) is 6.16. The van der Waals surface area contributed by atoms with Gasteiger partial charge in [-0.1, -0.05) is 188 Å². The molecule has 0 fully saturated rings. The predicted octanol–water partition coefficient (Wildman–Crippen LogP) is 15.6. The van der Waals surface area contributed by atoms with Gasteiger partial charge in [-0.25, -0.2) is 14.8 Å². The molecule has 1 aromatic heterocycles. The number of para-hydroxylation sites is 2. The van der Waals surface area contributed by atoms with Crippen LogP contribution in [0.2, 0.25) is 0 Å². The third-order valence-corrected chi connectivity index (χ3v) is 11.7. The van der Waals surface area contributed by atoms with E-state index in [2.05, 4.69) is 169 Å². The van der Waals surface area contributed by atoms with E-state index in [0.29, 0.717) is 5.69 Å². The fourth-order valence-corrected chi connectivity index (χ4v) is 8.71. The summed E-state index contributed by atoms with van der Waals surface area (Å²) in [4.78, 5) is 14.1. The highest BCUT2D eigenvalue weighted by Crippen LogP contribution is 2.40. The maximum Gasteiger partial charge on any atom is 0.187 e. The quantitative estimate of drug-likeness (QED) is 0.125. The molecule has 3 nitrogen and oxygen atoms in total. The lowest BCUT2D eigenvalue weighted by molar-refractivity contribution is 1.29. The van der Waals surface area contributed by atoms with Gasteiger partial charge in [0, 0.05) is 11.1 Å². The van der Waals surface area contributed by atoms with Gasteiger partial charge in [-0.3, -0.25) is 0 Å². The molecule has 60 heavy (non-hydrogen) atoms. The molecule has 0 aliphatic heterocycles. The maximum atomic E-state index is 7.27. The molecule has 0 unspecified atom stereocenters. The Hall–Kier alpha value is -8.19. The first-order chi connectivity index (χ1) is 29.7. The van der Waals surface area contributed by atoms with E-state index in [-0.39, 0.29) is 0 Å². The third-order valence-electron chi connectivity index (χ3n) is 11.7. The molecule has 278 valence electrons. The molecule has 0 N–H and O–H groups in total. The standard InChI is InChI=1S/C57H35N3/c1-58-45-31-29-38(30-32-45)37-21-23-39(24-22-37)47-33-34-48(51-17-5-4-16-50(47)51)40-25-27-41(28-26-40)56-57(60-55-20-9-8-19-54(55)59-56)44-13-10-12-42(35-44)53-36-43-11-2-3-14-46(43)49-15-6-7-18-52(49)53/h2-36H. The molecule has 0 radical (unpaired) electrons. The van der Waals surface area contributed by atoms with Crippen molar-refractivity contribution >= 4 is 49.0 Å². The Morgan fingerprint density at radius 2 is 0.750 bits per heavy atom. The molecule has 0 amide bonds. The molecule has 3 heteroatoms. The van der Waals surface area contributed by atoms with Gasteiger partial charge in [-0.05, 0) is 101 Å². The minimum absolute atomic E-state index is 0.650. The van der Waals surface area contributed by atoms with Crippen molar-refractivity contribution < 1.29 is 0 Å². The summed E-state index contributed by atoms with van der Waals surface area (Å²) in [5, 5.41) is 7.37. The lowest BCUT2D eigenvalue weighted by Gasteiger charge is -2.15. The number of nitrogens with zero attached hydrogens (tertiary/aromatic N) is 3. The van der Waals surface area contributed by atoms with E-state index in [1.807, 2.05) is 48.5 Å². The second-order valence-corrected chi connectivity index (χ2v) is 15.2. The van der Waals surface area contributed by atoms with Gasteiger partial charge >= 0.3 is 0 Å². The van der Waals surface area contributed by atoms with E-state index >= 15 is 0 Å². The predicted molar refractivity (Wildman–Crippen MR) is 251 cm³/mol. The lowest BCUT2D eigenvalue weighted by atomic mass is 9.90. The van der Waals surface area contributed by atoms with Crippen LogP contribution in [-0.4, -0.2) is 9.97 Å². The molecule has 10 aromatic carbocycles. The highest BCUT2D eigenvalue weighted by atomic mass is 14.8. The van der Waals surface area contributed by atoms with Gasteiger partial charge in [0.2, 0.25) is 0 Å². The number of benzene rings is 10. The number of hydrogen-bond acceptors (Lipinski definition) is 2. The maximum absolute atomic E-state index is 7.27. The average molecular weight is 762 g/mol. The van der Waals surface area contributed by atoms with Crippen molar-refractivity contribution in [3.8, 4) is 67.0 Å². The summed E-state index contributed by atoms with van der Waals surface area (Å²) in [6.45, 7) is 7.27. The van der Waals surface area contributed by atoms with Crippen molar-refractivity contribution in [1.82, 2.24) is 9.97 Å².